The van der Waals surface area contributed by atoms with Crippen molar-refractivity contribution in [2.75, 3.05) is 19.7 Å². The monoisotopic (exact) mass is 585 g/mol. The minimum Gasteiger partial charge on any atom is -0.464 e. The zero-order chi connectivity index (χ0) is 28.0. The number of rotatable bonds is 7. The summed E-state index contributed by atoms with van der Waals surface area (Å²) in [7, 11) is 0. The topological polar surface area (TPSA) is 85.4 Å². The predicted molar refractivity (Wildman–Crippen MR) is 151 cm³/mol. The van der Waals surface area contributed by atoms with Crippen molar-refractivity contribution in [2.45, 2.75) is 57.6 Å². The molecule has 0 unspecified atom stereocenters. The molecule has 40 heavy (non-hydrogen) atoms. The van der Waals surface area contributed by atoms with Gasteiger partial charge in [-0.05, 0) is 37.0 Å². The third-order valence-corrected chi connectivity index (χ3v) is 8.45. The Bertz CT molecular complexity index is 1550. The molecule has 6 rings (SSSR count). The molecule has 1 N–H and O–H groups in total. The van der Waals surface area contributed by atoms with Gasteiger partial charge in [-0.1, -0.05) is 47.5 Å². The van der Waals surface area contributed by atoms with Gasteiger partial charge in [0.25, 0.3) is 0 Å². The smallest absolute Gasteiger partial charge is 0.337 e. The highest BCUT2D eigenvalue weighted by molar-refractivity contribution is 6.42. The van der Waals surface area contributed by atoms with Crippen molar-refractivity contribution in [1.82, 2.24) is 24.2 Å². The van der Waals surface area contributed by atoms with Gasteiger partial charge in [-0.2, -0.15) is 5.10 Å². The molecule has 0 spiro atoms. The van der Waals surface area contributed by atoms with Crippen LogP contribution in [-0.2, 0) is 29.0 Å². The minimum atomic E-state index is -1.03. The summed E-state index contributed by atoms with van der Waals surface area (Å²) in [5.74, 6) is -0.537. The van der Waals surface area contributed by atoms with Gasteiger partial charge in [-0.3, -0.25) is 9.58 Å². The van der Waals surface area contributed by atoms with Crippen LogP contribution in [0.25, 0.3) is 22.0 Å². The van der Waals surface area contributed by atoms with Gasteiger partial charge in [0.05, 0.1) is 41.3 Å². The number of piperidine rings is 1. The Balaban J connectivity index is 1.33. The van der Waals surface area contributed by atoms with Crippen LogP contribution < -0.4 is 0 Å². The van der Waals surface area contributed by atoms with E-state index in [-0.39, 0.29) is 25.7 Å². The summed E-state index contributed by atoms with van der Waals surface area (Å²) in [6.07, 6.45) is 3.77. The third-order valence-electron chi connectivity index (χ3n) is 7.75. The van der Waals surface area contributed by atoms with E-state index in [0.29, 0.717) is 32.3 Å². The summed E-state index contributed by atoms with van der Waals surface area (Å²) in [5, 5.41) is 15.9. The molecule has 210 valence electrons. The molecule has 8 nitrogen and oxygen atoms in total. The van der Waals surface area contributed by atoms with Crippen LogP contribution in [0.2, 0.25) is 10.0 Å². The Morgan fingerprint density at radius 2 is 1.98 bits per heavy atom. The molecular formula is C29H30Cl2FN5O3. The highest BCUT2D eigenvalue weighted by Gasteiger charge is 2.35. The maximum absolute atomic E-state index is 14.1. The molecule has 4 heterocycles. The molecule has 0 radical (unpaired) electrons. The number of fused-ring (bicyclic) bond motifs is 2. The number of carbonyl (C=O) groups is 1. The first-order valence-electron chi connectivity index (χ1n) is 13.5. The highest BCUT2D eigenvalue weighted by Crippen LogP contribution is 2.39. The number of benzene rings is 2. The molecule has 0 amide bonds. The second kappa shape index (κ2) is 11.1. The fraction of sp³-hybridized carbons (Fsp3) is 0.414. The Labute approximate surface area is 241 Å². The number of esters is 1. The van der Waals surface area contributed by atoms with Crippen molar-refractivity contribution in [3.8, 4) is 11.1 Å². The number of imidazole rings is 1. The number of likely N-dealkylation sites (tertiary alicyclic amines) is 1. The van der Waals surface area contributed by atoms with E-state index >= 15 is 0 Å². The lowest BCUT2D eigenvalue weighted by molar-refractivity contribution is -0.146. The largest absolute Gasteiger partial charge is 0.464 e. The van der Waals surface area contributed by atoms with Crippen molar-refractivity contribution in [2.24, 2.45) is 0 Å². The number of nitrogens with zero attached hydrogens (tertiary/aromatic N) is 5. The fourth-order valence-corrected chi connectivity index (χ4v) is 6.23. The van der Waals surface area contributed by atoms with E-state index in [1.807, 2.05) is 12.1 Å². The average Bonchev–Trinajstić information content (AvgIpc) is 3.64. The molecule has 0 bridgehead atoms. The number of halogens is 3. The molecule has 2 aliphatic heterocycles. The Morgan fingerprint density at radius 3 is 2.70 bits per heavy atom. The molecule has 1 fully saturated rings. The van der Waals surface area contributed by atoms with Gasteiger partial charge in [0, 0.05) is 48.9 Å². The number of hydrogen-bond donors (Lipinski definition) is 1. The highest BCUT2D eigenvalue weighted by atomic mass is 35.5. The van der Waals surface area contributed by atoms with Crippen LogP contribution in [0.4, 0.5) is 4.39 Å². The maximum atomic E-state index is 14.1. The Hall–Kier alpha value is -2.98. The lowest BCUT2D eigenvalue weighted by Crippen LogP contribution is -2.35. The molecule has 2 aromatic heterocycles. The van der Waals surface area contributed by atoms with Crippen LogP contribution in [0.15, 0.2) is 42.9 Å². The van der Waals surface area contributed by atoms with Gasteiger partial charge in [0.15, 0.2) is 6.04 Å². The molecule has 0 aliphatic carbocycles. The van der Waals surface area contributed by atoms with Crippen molar-refractivity contribution in [3.05, 3.63) is 69.9 Å². The number of aromatic nitrogens is 4. The summed E-state index contributed by atoms with van der Waals surface area (Å²) in [6, 6.07) is 8.97. The number of alkyl halides is 1. The maximum Gasteiger partial charge on any atom is 0.337 e. The Morgan fingerprint density at radius 1 is 1.23 bits per heavy atom. The van der Waals surface area contributed by atoms with E-state index in [9.17, 15) is 14.3 Å². The molecule has 1 saturated heterocycles. The number of aliphatic hydroxyl groups excluding tert-OH is 1. The molecule has 11 heteroatoms. The zero-order valence-corrected chi connectivity index (χ0v) is 23.6. The molecule has 2 aliphatic rings. The van der Waals surface area contributed by atoms with E-state index in [1.165, 1.54) is 10.2 Å². The third kappa shape index (κ3) is 5.11. The molecule has 4 aromatic rings. The summed E-state index contributed by atoms with van der Waals surface area (Å²) in [4.78, 5) is 19.9. The number of ether oxygens (including phenoxy) is 1. The van der Waals surface area contributed by atoms with Crippen LogP contribution in [0.3, 0.4) is 0 Å². The van der Waals surface area contributed by atoms with Gasteiger partial charge in [0.2, 0.25) is 0 Å². The first kappa shape index (κ1) is 27.2. The lowest BCUT2D eigenvalue weighted by Gasteiger charge is -2.29. The molecule has 0 saturated carbocycles. The quantitative estimate of drug-likeness (QED) is 0.300. The van der Waals surface area contributed by atoms with E-state index in [4.69, 9.17) is 33.0 Å². The van der Waals surface area contributed by atoms with E-state index < -0.39 is 18.2 Å². The second-order valence-electron chi connectivity index (χ2n) is 10.5. The second-order valence-corrected chi connectivity index (χ2v) is 11.3. The average molecular weight is 586 g/mol. The van der Waals surface area contributed by atoms with E-state index in [2.05, 4.69) is 22.0 Å². The van der Waals surface area contributed by atoms with Crippen molar-refractivity contribution < 1.29 is 19.0 Å². The summed E-state index contributed by atoms with van der Waals surface area (Å²) in [5.41, 5.74) is 4.32. The van der Waals surface area contributed by atoms with E-state index in [0.717, 1.165) is 43.6 Å². The van der Waals surface area contributed by atoms with Gasteiger partial charge >= 0.3 is 5.97 Å². The van der Waals surface area contributed by atoms with Gasteiger partial charge in [-0.15, -0.1) is 0 Å². The van der Waals surface area contributed by atoms with Crippen molar-refractivity contribution in [3.63, 3.8) is 0 Å². The van der Waals surface area contributed by atoms with Crippen LogP contribution in [0, 0.1) is 0 Å². The standard InChI is InChI=1S/C29H30Cl2FN5O3/c1-2-40-29(39)28(27-24-11-19(32)14-36(24)16-33-27)37-15-22-23(30)12-21(25(31)26(22)34-37)18-5-3-17(4-6-18)13-35-9-7-20(38)8-10-35/h3-6,12,15-16,19-20,28,38H,2,7-11,13-14H2,1H3/t19-,28-/m1/s1. The van der Waals surface area contributed by atoms with Crippen LogP contribution in [0.1, 0.15) is 42.8 Å². The van der Waals surface area contributed by atoms with Gasteiger partial charge in [0.1, 0.15) is 11.7 Å². The normalized spacial score (nSPS) is 18.8. The van der Waals surface area contributed by atoms with Gasteiger partial charge in [-0.25, -0.2) is 14.2 Å². The van der Waals surface area contributed by atoms with Crippen LogP contribution >= 0.6 is 23.2 Å². The van der Waals surface area contributed by atoms with Gasteiger partial charge < -0.3 is 14.4 Å². The minimum absolute atomic E-state index is 0.174. The number of aliphatic hydroxyl groups is 1. The Kier molecular flexibility index (Phi) is 7.56. The molecular weight excluding hydrogens is 556 g/mol. The zero-order valence-electron chi connectivity index (χ0n) is 22.1. The lowest BCUT2D eigenvalue weighted by atomic mass is 10.0. The number of carbonyl (C=O) groups excluding carboxylic acids is 1. The summed E-state index contributed by atoms with van der Waals surface area (Å²) >= 11 is 13.6. The molecule has 2 aromatic carbocycles. The summed E-state index contributed by atoms with van der Waals surface area (Å²) < 4.78 is 22.7. The van der Waals surface area contributed by atoms with Crippen molar-refractivity contribution >= 4 is 40.1 Å². The first-order chi connectivity index (χ1) is 19.3. The first-order valence-corrected chi connectivity index (χ1v) is 14.3. The fourth-order valence-electron chi connectivity index (χ4n) is 5.68. The number of hydrogen-bond acceptors (Lipinski definition) is 6. The van der Waals surface area contributed by atoms with Crippen molar-refractivity contribution in [1.29, 1.82) is 0 Å². The van der Waals surface area contributed by atoms with E-state index in [1.54, 1.807) is 30.1 Å². The predicted octanol–water partition coefficient (Wildman–Crippen LogP) is 5.21. The summed E-state index contributed by atoms with van der Waals surface area (Å²) in [6.45, 7) is 4.70. The van der Waals surface area contributed by atoms with Crippen LogP contribution in [-0.4, -0.2) is 67.3 Å². The van der Waals surface area contributed by atoms with Crippen LogP contribution in [0.5, 0.6) is 0 Å². The molecule has 2 atom stereocenters. The SMILES string of the molecule is CCOC(=O)[C@@H](c1ncn2c1C[C@@H](F)C2)n1cc2c(Cl)cc(-c3ccc(CN4CCC(O)CC4)cc3)c(Cl)c2n1.